The normalized spacial score (nSPS) is 15.6. The van der Waals surface area contributed by atoms with Gasteiger partial charge in [-0.1, -0.05) is 12.8 Å². The average molecular weight is 446 g/mol. The molecule has 1 aliphatic rings. The standard InChI is InChI=1S/C21H23N3O4S2/c1-15-6-11-19(28-15)18-14-29-21(22-18)23-20(25)16-7-9-17(10-8-16)30(26,27)24-12-4-2-3-5-13-24/h6-11,14H,2-5,12-13H2,1H3,(H,22,23,25). The predicted molar refractivity (Wildman–Crippen MR) is 116 cm³/mol. The maximum atomic E-state index is 12.9. The monoisotopic (exact) mass is 445 g/mol. The first kappa shape index (κ1) is 20.8. The van der Waals surface area contributed by atoms with E-state index in [2.05, 4.69) is 10.3 Å². The third kappa shape index (κ3) is 4.48. The number of benzene rings is 1. The Morgan fingerprint density at radius 1 is 1.07 bits per heavy atom. The minimum atomic E-state index is -3.53. The van der Waals surface area contributed by atoms with Gasteiger partial charge in [0.25, 0.3) is 5.91 Å². The van der Waals surface area contributed by atoms with Crippen molar-refractivity contribution < 1.29 is 17.6 Å². The number of aromatic nitrogens is 1. The Morgan fingerprint density at radius 2 is 1.77 bits per heavy atom. The van der Waals surface area contributed by atoms with E-state index in [-0.39, 0.29) is 10.8 Å². The van der Waals surface area contributed by atoms with Crippen LogP contribution in [-0.2, 0) is 10.0 Å². The summed E-state index contributed by atoms with van der Waals surface area (Å²) in [6.45, 7) is 2.95. The molecule has 1 amide bonds. The van der Waals surface area contributed by atoms with E-state index in [1.54, 1.807) is 4.31 Å². The smallest absolute Gasteiger partial charge is 0.257 e. The highest BCUT2D eigenvalue weighted by molar-refractivity contribution is 7.89. The van der Waals surface area contributed by atoms with E-state index < -0.39 is 10.0 Å². The molecule has 0 spiro atoms. The van der Waals surface area contributed by atoms with Gasteiger partial charge in [-0.3, -0.25) is 10.1 Å². The van der Waals surface area contributed by atoms with Crippen LogP contribution in [0.15, 0.2) is 51.1 Å². The van der Waals surface area contributed by atoms with Crippen LogP contribution in [0.2, 0.25) is 0 Å². The summed E-state index contributed by atoms with van der Waals surface area (Å²) in [5, 5.41) is 5.01. The summed E-state index contributed by atoms with van der Waals surface area (Å²) < 4.78 is 32.8. The van der Waals surface area contributed by atoms with Crippen LogP contribution in [0.3, 0.4) is 0 Å². The van der Waals surface area contributed by atoms with Gasteiger partial charge < -0.3 is 4.42 Å². The number of amides is 1. The van der Waals surface area contributed by atoms with Gasteiger partial charge in [-0.05, 0) is 56.2 Å². The zero-order valence-corrected chi connectivity index (χ0v) is 18.3. The summed E-state index contributed by atoms with van der Waals surface area (Å²) >= 11 is 1.30. The molecule has 0 aliphatic carbocycles. The highest BCUT2D eigenvalue weighted by atomic mass is 32.2. The van der Waals surface area contributed by atoms with E-state index in [1.165, 1.54) is 35.6 Å². The van der Waals surface area contributed by atoms with E-state index in [4.69, 9.17) is 4.42 Å². The summed E-state index contributed by atoms with van der Waals surface area (Å²) in [5.74, 6) is 1.09. The molecule has 3 heterocycles. The molecule has 9 heteroatoms. The molecule has 1 saturated heterocycles. The summed E-state index contributed by atoms with van der Waals surface area (Å²) in [7, 11) is -3.53. The van der Waals surface area contributed by atoms with Crippen LogP contribution in [0.5, 0.6) is 0 Å². The van der Waals surface area contributed by atoms with Crippen molar-refractivity contribution in [2.75, 3.05) is 18.4 Å². The number of hydrogen-bond donors (Lipinski definition) is 1. The van der Waals surface area contributed by atoms with Gasteiger partial charge in [-0.2, -0.15) is 4.31 Å². The molecule has 30 heavy (non-hydrogen) atoms. The van der Waals surface area contributed by atoms with Crippen molar-refractivity contribution in [2.45, 2.75) is 37.5 Å². The Bertz CT molecular complexity index is 1130. The molecule has 158 valence electrons. The number of hydrogen-bond acceptors (Lipinski definition) is 6. The number of nitrogens with zero attached hydrogens (tertiary/aromatic N) is 2. The molecular weight excluding hydrogens is 422 g/mol. The quantitative estimate of drug-likeness (QED) is 0.623. The molecule has 1 aromatic carbocycles. The van der Waals surface area contributed by atoms with Crippen LogP contribution in [0, 0.1) is 6.92 Å². The molecular formula is C21H23N3O4S2. The molecule has 0 saturated carbocycles. The van der Waals surface area contributed by atoms with E-state index in [9.17, 15) is 13.2 Å². The van der Waals surface area contributed by atoms with Crippen LogP contribution < -0.4 is 5.32 Å². The van der Waals surface area contributed by atoms with Crippen LogP contribution in [0.1, 0.15) is 41.8 Å². The number of aryl methyl sites for hydroxylation is 1. The van der Waals surface area contributed by atoms with Gasteiger partial charge in [0.2, 0.25) is 10.0 Å². The van der Waals surface area contributed by atoms with Gasteiger partial charge in [-0.25, -0.2) is 13.4 Å². The molecule has 0 bridgehead atoms. The first-order valence-corrected chi connectivity index (χ1v) is 12.2. The molecule has 3 aromatic rings. The topological polar surface area (TPSA) is 92.5 Å². The molecule has 7 nitrogen and oxygen atoms in total. The maximum absolute atomic E-state index is 12.9. The minimum Gasteiger partial charge on any atom is -0.460 e. The van der Waals surface area contributed by atoms with Crippen molar-refractivity contribution in [1.82, 2.24) is 9.29 Å². The van der Waals surface area contributed by atoms with Gasteiger partial charge >= 0.3 is 0 Å². The second-order valence-electron chi connectivity index (χ2n) is 7.24. The molecule has 1 fully saturated rings. The van der Waals surface area contributed by atoms with E-state index in [1.807, 2.05) is 24.4 Å². The van der Waals surface area contributed by atoms with Gasteiger partial charge in [0.15, 0.2) is 10.9 Å². The number of rotatable bonds is 5. The number of nitrogens with one attached hydrogen (secondary N) is 1. The van der Waals surface area contributed by atoms with Crippen molar-refractivity contribution in [3.05, 3.63) is 53.1 Å². The molecule has 1 N–H and O–H groups in total. The number of anilines is 1. The number of furan rings is 1. The second kappa shape index (κ2) is 8.71. The lowest BCUT2D eigenvalue weighted by Crippen LogP contribution is -2.31. The number of thiazole rings is 1. The maximum Gasteiger partial charge on any atom is 0.257 e. The van der Waals surface area contributed by atoms with Gasteiger partial charge in [-0.15, -0.1) is 11.3 Å². The SMILES string of the molecule is Cc1ccc(-c2csc(NC(=O)c3ccc(S(=O)(=O)N4CCCCCC4)cc3)n2)o1. The lowest BCUT2D eigenvalue weighted by Gasteiger charge is -2.20. The third-order valence-electron chi connectivity index (χ3n) is 5.04. The summed E-state index contributed by atoms with van der Waals surface area (Å²) in [6, 6.07) is 9.74. The van der Waals surface area contributed by atoms with Crippen molar-refractivity contribution >= 4 is 32.4 Å². The van der Waals surface area contributed by atoms with Crippen LogP contribution in [0.4, 0.5) is 5.13 Å². The molecule has 0 radical (unpaired) electrons. The van der Waals surface area contributed by atoms with Crippen molar-refractivity contribution in [3.63, 3.8) is 0 Å². The average Bonchev–Trinajstić information content (AvgIpc) is 3.28. The lowest BCUT2D eigenvalue weighted by molar-refractivity contribution is 0.102. The van der Waals surface area contributed by atoms with E-state index >= 15 is 0 Å². The fraction of sp³-hybridized carbons (Fsp3) is 0.333. The molecule has 0 unspecified atom stereocenters. The second-order valence-corrected chi connectivity index (χ2v) is 10.0. The number of sulfonamides is 1. The molecule has 1 aliphatic heterocycles. The summed E-state index contributed by atoms with van der Waals surface area (Å²) in [5.41, 5.74) is 1.03. The first-order valence-electron chi connectivity index (χ1n) is 9.87. The molecule has 4 rings (SSSR count). The van der Waals surface area contributed by atoms with Crippen LogP contribution >= 0.6 is 11.3 Å². The number of carbonyl (C=O) groups is 1. The first-order chi connectivity index (χ1) is 14.4. The van der Waals surface area contributed by atoms with E-state index in [0.717, 1.165) is 31.4 Å². The van der Waals surface area contributed by atoms with Crippen LogP contribution in [0.25, 0.3) is 11.5 Å². The fourth-order valence-corrected chi connectivity index (χ4v) is 5.61. The minimum absolute atomic E-state index is 0.214. The van der Waals surface area contributed by atoms with Crippen molar-refractivity contribution in [2.24, 2.45) is 0 Å². The van der Waals surface area contributed by atoms with Crippen molar-refractivity contribution in [1.29, 1.82) is 0 Å². The lowest BCUT2D eigenvalue weighted by atomic mass is 10.2. The Hall–Kier alpha value is -2.49. The predicted octanol–water partition coefficient (Wildman–Crippen LogP) is 4.53. The van der Waals surface area contributed by atoms with Gasteiger partial charge in [0, 0.05) is 24.0 Å². The largest absolute Gasteiger partial charge is 0.460 e. The van der Waals surface area contributed by atoms with Gasteiger partial charge in [0.1, 0.15) is 11.5 Å². The van der Waals surface area contributed by atoms with Crippen LogP contribution in [-0.4, -0.2) is 36.7 Å². The molecule has 2 aromatic heterocycles. The number of carbonyl (C=O) groups excluding carboxylic acids is 1. The van der Waals surface area contributed by atoms with E-state index in [0.29, 0.717) is 35.2 Å². The summed E-state index contributed by atoms with van der Waals surface area (Å²) in [4.78, 5) is 17.1. The van der Waals surface area contributed by atoms with Gasteiger partial charge in [0.05, 0.1) is 4.90 Å². The molecule has 0 atom stereocenters. The summed E-state index contributed by atoms with van der Waals surface area (Å²) in [6.07, 6.45) is 3.88. The Balaban J connectivity index is 1.45. The third-order valence-corrected chi connectivity index (χ3v) is 7.71. The zero-order chi connectivity index (χ0) is 21.1. The zero-order valence-electron chi connectivity index (χ0n) is 16.6. The highest BCUT2D eigenvalue weighted by Gasteiger charge is 2.25. The fourth-order valence-electron chi connectivity index (χ4n) is 3.40. The van der Waals surface area contributed by atoms with Crippen molar-refractivity contribution in [3.8, 4) is 11.5 Å². The Morgan fingerprint density at radius 3 is 2.40 bits per heavy atom. The Labute approximate surface area is 179 Å². The highest BCUT2D eigenvalue weighted by Crippen LogP contribution is 2.27. The Kier molecular flexibility index (Phi) is 6.03.